The van der Waals surface area contributed by atoms with Gasteiger partial charge in [-0.2, -0.15) is 0 Å². The van der Waals surface area contributed by atoms with Gasteiger partial charge in [-0.1, -0.05) is 182 Å². The predicted molar refractivity (Wildman–Crippen MR) is 255 cm³/mol. The summed E-state index contributed by atoms with van der Waals surface area (Å²) in [4.78, 5) is 25.5. The summed E-state index contributed by atoms with van der Waals surface area (Å²) < 4.78 is 0. The van der Waals surface area contributed by atoms with Crippen molar-refractivity contribution in [3.63, 3.8) is 0 Å². The van der Waals surface area contributed by atoms with Crippen LogP contribution >= 0.6 is 0 Å². The molecule has 0 saturated carbocycles. The highest BCUT2D eigenvalue weighted by Crippen LogP contribution is 2.58. The molecule has 63 heavy (non-hydrogen) atoms. The number of para-hydroxylation sites is 1. The summed E-state index contributed by atoms with van der Waals surface area (Å²) in [5, 5.41) is 3.16. The molecule has 8 aromatic carbocycles. The van der Waals surface area contributed by atoms with Crippen LogP contribution in [0.25, 0.3) is 89.4 Å². The number of hydrogen-bond donors (Lipinski definition) is 0. The van der Waals surface area contributed by atoms with Crippen LogP contribution < -0.4 is 0 Å². The lowest BCUT2D eigenvalue weighted by atomic mass is 9.67. The molecule has 1 aliphatic rings. The van der Waals surface area contributed by atoms with Crippen molar-refractivity contribution in [1.29, 1.82) is 0 Å². The molecule has 12 rings (SSSR count). The van der Waals surface area contributed by atoms with E-state index >= 15 is 0 Å². The fourth-order valence-corrected chi connectivity index (χ4v) is 9.74. The van der Waals surface area contributed by atoms with E-state index in [9.17, 15) is 0 Å². The van der Waals surface area contributed by atoms with Gasteiger partial charge in [-0.3, -0.25) is 4.98 Å². The Labute approximate surface area is 365 Å². The molecule has 0 radical (unpaired) electrons. The van der Waals surface area contributed by atoms with Gasteiger partial charge in [-0.25, -0.2) is 19.9 Å². The molecule has 11 aromatic rings. The molecule has 3 heterocycles. The van der Waals surface area contributed by atoms with Gasteiger partial charge in [0.15, 0.2) is 17.5 Å². The third-order valence-corrected chi connectivity index (χ3v) is 12.5. The zero-order chi connectivity index (χ0) is 41.7. The Morgan fingerprint density at radius 1 is 0.333 bits per heavy atom. The first-order valence-corrected chi connectivity index (χ1v) is 21.2. The molecule has 0 atom stereocenters. The van der Waals surface area contributed by atoms with Gasteiger partial charge in [0, 0.05) is 45.4 Å². The molecule has 5 nitrogen and oxygen atoms in total. The third-order valence-electron chi connectivity index (χ3n) is 12.5. The van der Waals surface area contributed by atoms with Crippen LogP contribution in [0.4, 0.5) is 0 Å². The molecule has 0 unspecified atom stereocenters. The fourth-order valence-electron chi connectivity index (χ4n) is 9.74. The van der Waals surface area contributed by atoms with Crippen LogP contribution in [0.5, 0.6) is 0 Å². The Balaban J connectivity index is 1.17. The monoisotopic (exact) mass is 803 g/mol. The number of benzene rings is 8. The van der Waals surface area contributed by atoms with E-state index in [-0.39, 0.29) is 0 Å². The van der Waals surface area contributed by atoms with Crippen molar-refractivity contribution < 1.29 is 0 Å². The molecule has 0 bridgehead atoms. The quantitative estimate of drug-likeness (QED) is 0.150. The minimum Gasteiger partial charge on any atom is -0.264 e. The largest absolute Gasteiger partial charge is 0.264 e. The zero-order valence-corrected chi connectivity index (χ0v) is 34.1. The minimum atomic E-state index is -0.546. The Morgan fingerprint density at radius 3 is 1.54 bits per heavy atom. The zero-order valence-electron chi connectivity index (χ0n) is 34.1. The van der Waals surface area contributed by atoms with E-state index < -0.39 is 5.41 Å². The minimum absolute atomic E-state index is 0.546. The van der Waals surface area contributed by atoms with Crippen LogP contribution in [0.1, 0.15) is 22.3 Å². The van der Waals surface area contributed by atoms with Gasteiger partial charge in [0.05, 0.1) is 16.6 Å². The van der Waals surface area contributed by atoms with Crippen molar-refractivity contribution in [3.8, 4) is 67.7 Å². The number of pyridine rings is 2. The van der Waals surface area contributed by atoms with Gasteiger partial charge in [0.25, 0.3) is 0 Å². The highest BCUT2D eigenvalue weighted by molar-refractivity contribution is 6.11. The molecule has 1 aliphatic carbocycles. The summed E-state index contributed by atoms with van der Waals surface area (Å²) in [5.74, 6) is 1.79. The average Bonchev–Trinajstić information content (AvgIpc) is 3.68. The van der Waals surface area contributed by atoms with Crippen LogP contribution in [-0.4, -0.2) is 24.9 Å². The maximum Gasteiger partial charge on any atom is 0.164 e. The third kappa shape index (κ3) is 5.97. The summed E-state index contributed by atoms with van der Waals surface area (Å²) in [6, 6.07) is 75.0. The number of fused-ring (bicyclic) bond motifs is 6. The van der Waals surface area contributed by atoms with Crippen molar-refractivity contribution in [2.75, 3.05) is 0 Å². The number of aromatic nitrogens is 5. The summed E-state index contributed by atoms with van der Waals surface area (Å²) in [7, 11) is 0. The van der Waals surface area contributed by atoms with Crippen molar-refractivity contribution in [3.05, 3.63) is 247 Å². The maximum atomic E-state index is 5.39. The van der Waals surface area contributed by atoms with E-state index in [1.807, 2.05) is 79.1 Å². The van der Waals surface area contributed by atoms with Gasteiger partial charge in [-0.15, -0.1) is 0 Å². The van der Waals surface area contributed by atoms with E-state index in [2.05, 4.69) is 151 Å². The highest BCUT2D eigenvalue weighted by atomic mass is 15.0. The Kier molecular flexibility index (Phi) is 8.64. The normalized spacial score (nSPS) is 12.6. The van der Waals surface area contributed by atoms with Crippen LogP contribution in [-0.2, 0) is 5.41 Å². The van der Waals surface area contributed by atoms with E-state index in [0.717, 1.165) is 60.8 Å². The van der Waals surface area contributed by atoms with Crippen molar-refractivity contribution in [2.45, 2.75) is 5.41 Å². The van der Waals surface area contributed by atoms with Crippen molar-refractivity contribution in [2.24, 2.45) is 0 Å². The first-order valence-electron chi connectivity index (χ1n) is 21.2. The van der Waals surface area contributed by atoms with Crippen molar-refractivity contribution >= 4 is 21.7 Å². The summed E-state index contributed by atoms with van der Waals surface area (Å²) in [6.07, 6.45) is 3.79. The number of nitrogens with zero attached hydrogens (tertiary/aromatic N) is 5. The van der Waals surface area contributed by atoms with Crippen LogP contribution in [0.3, 0.4) is 0 Å². The molecule has 0 N–H and O–H groups in total. The molecule has 294 valence electrons. The number of rotatable bonds is 7. The second-order valence-electron chi connectivity index (χ2n) is 16.0. The number of hydrogen-bond acceptors (Lipinski definition) is 5. The SMILES string of the molecule is c1ccc(-c2nc(-c3ccccc3)nc(-c3cc(-c4cccc5c4-c4ccccc4C5(c4ccccc4)c4ccccc4)cc(-c4nc5ccccc5c5ccncc45)c3)n2)cc1. The molecular formula is C58H37N5. The smallest absolute Gasteiger partial charge is 0.164 e. The maximum absolute atomic E-state index is 5.39. The van der Waals surface area contributed by atoms with Gasteiger partial charge in [0.2, 0.25) is 0 Å². The van der Waals surface area contributed by atoms with E-state index in [0.29, 0.717) is 17.5 Å². The first-order chi connectivity index (χ1) is 31.2. The molecule has 0 spiro atoms. The molecule has 3 aromatic heterocycles. The lowest BCUT2D eigenvalue weighted by Gasteiger charge is -2.34. The lowest BCUT2D eigenvalue weighted by Crippen LogP contribution is -2.28. The molecule has 0 saturated heterocycles. The highest BCUT2D eigenvalue weighted by Gasteiger charge is 2.46. The van der Waals surface area contributed by atoms with Gasteiger partial charge in [0.1, 0.15) is 0 Å². The molecule has 0 amide bonds. The standard InChI is InChI=1S/C58H37N5/c1-5-18-38(19-6-1)55-61-56(39-20-7-2-8-21-39)63-57(62-55)42-35-40(34-41(36-42)54-49-37-59-33-32-46(49)47-26-14-16-31-52(47)60-54)45-28-17-30-51-53(45)48-27-13-15-29-50(48)58(51,43-22-9-3-10-23-43)44-24-11-4-12-25-44/h1-37H. The van der Waals surface area contributed by atoms with Crippen LogP contribution in [0, 0.1) is 0 Å². The second kappa shape index (κ2) is 14.9. The van der Waals surface area contributed by atoms with Crippen LogP contribution in [0.15, 0.2) is 225 Å². The van der Waals surface area contributed by atoms with E-state index in [1.54, 1.807) is 0 Å². The topological polar surface area (TPSA) is 64.5 Å². The average molecular weight is 804 g/mol. The predicted octanol–water partition coefficient (Wildman–Crippen LogP) is 13.7. The fraction of sp³-hybridized carbons (Fsp3) is 0.0172. The van der Waals surface area contributed by atoms with Gasteiger partial charge in [-0.05, 0) is 80.2 Å². The van der Waals surface area contributed by atoms with Crippen LogP contribution in [0.2, 0.25) is 0 Å². The van der Waals surface area contributed by atoms with Gasteiger partial charge < -0.3 is 0 Å². The van der Waals surface area contributed by atoms with E-state index in [1.165, 1.54) is 33.4 Å². The van der Waals surface area contributed by atoms with E-state index in [4.69, 9.17) is 19.9 Å². The Hall–Kier alpha value is -8.41. The summed E-state index contributed by atoms with van der Waals surface area (Å²) in [6.45, 7) is 0. The van der Waals surface area contributed by atoms with Gasteiger partial charge >= 0.3 is 0 Å². The molecule has 5 heteroatoms. The Morgan fingerprint density at radius 2 is 0.857 bits per heavy atom. The summed E-state index contributed by atoms with van der Waals surface area (Å²) in [5.41, 5.74) is 14.3. The van der Waals surface area contributed by atoms with Crippen molar-refractivity contribution in [1.82, 2.24) is 24.9 Å². The Bertz CT molecular complexity index is 3400. The molecule has 0 fully saturated rings. The lowest BCUT2D eigenvalue weighted by molar-refractivity contribution is 0.768. The molecular weight excluding hydrogens is 767 g/mol. The second-order valence-corrected chi connectivity index (χ2v) is 16.0. The summed E-state index contributed by atoms with van der Waals surface area (Å²) >= 11 is 0. The molecule has 0 aliphatic heterocycles. The first kappa shape index (κ1) is 36.4.